The third-order valence-electron chi connectivity index (χ3n) is 2.92. The number of aliphatic carboxylic acids is 1. The minimum atomic E-state index is -0.668. The van der Waals surface area contributed by atoms with Gasteiger partial charge in [0.25, 0.3) is 0 Å². The fourth-order valence-electron chi connectivity index (χ4n) is 1.69. The summed E-state index contributed by atoms with van der Waals surface area (Å²) in [6.45, 7) is 1.64. The van der Waals surface area contributed by atoms with Crippen LogP contribution >= 0.6 is 0 Å². The van der Waals surface area contributed by atoms with Gasteiger partial charge >= 0.3 is 5.97 Å². The van der Waals surface area contributed by atoms with Crippen molar-refractivity contribution in [3.05, 3.63) is 0 Å². The van der Waals surface area contributed by atoms with E-state index in [0.717, 1.165) is 19.3 Å². The first-order valence-corrected chi connectivity index (χ1v) is 5.01. The molecule has 0 atom stereocenters. The summed E-state index contributed by atoms with van der Waals surface area (Å²) in [7, 11) is 1.62. The first-order valence-electron chi connectivity index (χ1n) is 5.01. The van der Waals surface area contributed by atoms with Crippen LogP contribution in [0.1, 0.15) is 25.7 Å². The van der Waals surface area contributed by atoms with E-state index in [-0.39, 0.29) is 0 Å². The number of hydrogen-bond acceptors (Lipinski definition) is 3. The average Bonchev–Trinajstić information content (AvgIpc) is 2.07. The van der Waals surface area contributed by atoms with Crippen molar-refractivity contribution in [1.29, 1.82) is 0 Å². The Morgan fingerprint density at radius 3 is 2.50 bits per heavy atom. The maximum absolute atomic E-state index is 10.9. The van der Waals surface area contributed by atoms with E-state index in [2.05, 4.69) is 0 Å². The lowest BCUT2D eigenvalue weighted by atomic mass is 9.67. The summed E-state index contributed by atoms with van der Waals surface area (Å²) in [4.78, 5) is 10.9. The Hall–Kier alpha value is -0.610. The van der Waals surface area contributed by atoms with Gasteiger partial charge in [-0.15, -0.1) is 0 Å². The molecule has 82 valence electrons. The van der Waals surface area contributed by atoms with Crippen molar-refractivity contribution in [3.8, 4) is 0 Å². The van der Waals surface area contributed by atoms with E-state index in [9.17, 15) is 4.79 Å². The smallest absolute Gasteiger partial charge is 0.309 e. The molecule has 0 aromatic carbocycles. The summed E-state index contributed by atoms with van der Waals surface area (Å²) in [5.74, 6) is -0.668. The van der Waals surface area contributed by atoms with Gasteiger partial charge in [0.1, 0.15) is 0 Å². The summed E-state index contributed by atoms with van der Waals surface area (Å²) >= 11 is 0. The highest BCUT2D eigenvalue weighted by Gasteiger charge is 2.43. The van der Waals surface area contributed by atoms with E-state index in [1.807, 2.05) is 0 Å². The summed E-state index contributed by atoms with van der Waals surface area (Å²) in [5.41, 5.74) is -0.479. The van der Waals surface area contributed by atoms with Crippen LogP contribution in [0.15, 0.2) is 0 Å². The number of hydrogen-bond donors (Lipinski definition) is 1. The van der Waals surface area contributed by atoms with Crippen molar-refractivity contribution < 1.29 is 19.4 Å². The first kappa shape index (κ1) is 11.5. The molecule has 14 heavy (non-hydrogen) atoms. The molecule has 0 spiro atoms. The van der Waals surface area contributed by atoms with Crippen molar-refractivity contribution in [2.45, 2.75) is 25.7 Å². The van der Waals surface area contributed by atoms with Crippen LogP contribution in [0.25, 0.3) is 0 Å². The highest BCUT2D eigenvalue weighted by molar-refractivity contribution is 5.75. The van der Waals surface area contributed by atoms with Crippen LogP contribution < -0.4 is 0 Å². The van der Waals surface area contributed by atoms with Gasteiger partial charge in [-0.2, -0.15) is 0 Å². The molecular weight excluding hydrogens is 184 g/mol. The molecule has 1 aliphatic rings. The molecule has 1 fully saturated rings. The summed E-state index contributed by atoms with van der Waals surface area (Å²) in [5, 5.41) is 9.01. The van der Waals surface area contributed by atoms with E-state index in [4.69, 9.17) is 14.6 Å². The standard InChI is InChI=1S/C10H18O4/c1-13-7-8-14-6-5-10(9(11)12)3-2-4-10/h2-8H2,1H3,(H,11,12). The van der Waals surface area contributed by atoms with Crippen molar-refractivity contribution in [3.63, 3.8) is 0 Å². The predicted octanol–water partition coefficient (Wildman–Crippen LogP) is 1.29. The van der Waals surface area contributed by atoms with E-state index in [1.54, 1.807) is 7.11 Å². The number of carbonyl (C=O) groups is 1. The Balaban J connectivity index is 2.12. The highest BCUT2D eigenvalue weighted by atomic mass is 16.5. The molecule has 0 heterocycles. The number of carboxylic acids is 1. The molecule has 0 saturated heterocycles. The van der Waals surface area contributed by atoms with E-state index < -0.39 is 11.4 Å². The van der Waals surface area contributed by atoms with Crippen LogP contribution in [-0.2, 0) is 14.3 Å². The second-order valence-electron chi connectivity index (χ2n) is 3.79. The lowest BCUT2D eigenvalue weighted by Gasteiger charge is -2.37. The fourth-order valence-corrected chi connectivity index (χ4v) is 1.69. The summed E-state index contributed by atoms with van der Waals surface area (Å²) in [6, 6.07) is 0. The van der Waals surface area contributed by atoms with Gasteiger partial charge in [0.2, 0.25) is 0 Å². The zero-order valence-corrected chi connectivity index (χ0v) is 8.62. The Labute approximate surface area is 84.2 Å². The van der Waals surface area contributed by atoms with Crippen LogP contribution in [0.5, 0.6) is 0 Å². The second-order valence-corrected chi connectivity index (χ2v) is 3.79. The summed E-state index contributed by atoms with van der Waals surface area (Å²) < 4.78 is 10.1. The Morgan fingerprint density at radius 2 is 2.07 bits per heavy atom. The minimum Gasteiger partial charge on any atom is -0.481 e. The van der Waals surface area contributed by atoms with Crippen LogP contribution in [-0.4, -0.2) is 38.0 Å². The molecule has 1 aliphatic carbocycles. The normalized spacial score (nSPS) is 18.9. The zero-order chi connectivity index (χ0) is 10.4. The minimum absolute atomic E-state index is 0.479. The van der Waals surface area contributed by atoms with Crippen LogP contribution in [0, 0.1) is 5.41 Å². The van der Waals surface area contributed by atoms with Crippen molar-refractivity contribution in [2.75, 3.05) is 26.9 Å². The molecule has 1 rings (SSSR count). The Morgan fingerprint density at radius 1 is 1.36 bits per heavy atom. The number of ether oxygens (including phenoxy) is 2. The molecule has 0 radical (unpaired) electrons. The van der Waals surface area contributed by atoms with Crippen molar-refractivity contribution in [1.82, 2.24) is 0 Å². The summed E-state index contributed by atoms with van der Waals surface area (Å²) in [6.07, 6.45) is 3.27. The van der Waals surface area contributed by atoms with Crippen molar-refractivity contribution >= 4 is 5.97 Å². The maximum atomic E-state index is 10.9. The van der Waals surface area contributed by atoms with Gasteiger partial charge in [-0.25, -0.2) is 0 Å². The molecule has 0 aromatic heterocycles. The fraction of sp³-hybridized carbons (Fsp3) is 0.900. The molecule has 0 amide bonds. The average molecular weight is 202 g/mol. The largest absolute Gasteiger partial charge is 0.481 e. The molecular formula is C10H18O4. The molecule has 0 unspecified atom stereocenters. The van der Waals surface area contributed by atoms with Gasteiger partial charge < -0.3 is 14.6 Å². The molecule has 0 aromatic rings. The van der Waals surface area contributed by atoms with Gasteiger partial charge in [-0.1, -0.05) is 6.42 Å². The van der Waals surface area contributed by atoms with Gasteiger partial charge in [-0.05, 0) is 19.3 Å². The van der Waals surface area contributed by atoms with Crippen LogP contribution in [0.4, 0.5) is 0 Å². The van der Waals surface area contributed by atoms with Crippen molar-refractivity contribution in [2.24, 2.45) is 5.41 Å². The third-order valence-corrected chi connectivity index (χ3v) is 2.92. The van der Waals surface area contributed by atoms with Gasteiger partial charge in [-0.3, -0.25) is 4.79 Å². The van der Waals surface area contributed by atoms with Gasteiger partial charge in [0.15, 0.2) is 0 Å². The molecule has 0 bridgehead atoms. The Bertz CT molecular complexity index is 187. The van der Waals surface area contributed by atoms with E-state index in [0.29, 0.717) is 26.2 Å². The second kappa shape index (κ2) is 5.32. The van der Waals surface area contributed by atoms with E-state index >= 15 is 0 Å². The molecule has 1 saturated carbocycles. The van der Waals surface area contributed by atoms with E-state index in [1.165, 1.54) is 0 Å². The van der Waals surface area contributed by atoms with Gasteiger partial charge in [0, 0.05) is 13.7 Å². The monoisotopic (exact) mass is 202 g/mol. The third kappa shape index (κ3) is 2.69. The molecule has 4 heteroatoms. The lowest BCUT2D eigenvalue weighted by Crippen LogP contribution is -2.38. The number of carboxylic acid groups (broad SMARTS) is 1. The van der Waals surface area contributed by atoms with Gasteiger partial charge in [0.05, 0.1) is 18.6 Å². The SMILES string of the molecule is COCCOCCC1(C(=O)O)CCC1. The predicted molar refractivity (Wildman–Crippen MR) is 51.2 cm³/mol. The molecule has 0 aliphatic heterocycles. The number of rotatable bonds is 7. The molecule has 1 N–H and O–H groups in total. The highest BCUT2D eigenvalue weighted by Crippen LogP contribution is 2.44. The first-order chi connectivity index (χ1) is 6.71. The Kier molecular flexibility index (Phi) is 4.35. The lowest BCUT2D eigenvalue weighted by molar-refractivity contribution is -0.156. The topological polar surface area (TPSA) is 55.8 Å². The molecule has 4 nitrogen and oxygen atoms in total. The van der Waals surface area contributed by atoms with Crippen LogP contribution in [0.3, 0.4) is 0 Å². The maximum Gasteiger partial charge on any atom is 0.309 e. The zero-order valence-electron chi connectivity index (χ0n) is 8.62. The number of methoxy groups -OCH3 is 1. The quantitative estimate of drug-likeness (QED) is 0.632. The van der Waals surface area contributed by atoms with Crippen LogP contribution in [0.2, 0.25) is 0 Å².